The van der Waals surface area contributed by atoms with E-state index in [1.807, 2.05) is 25.7 Å². The minimum absolute atomic E-state index is 0.0840. The summed E-state index contributed by atoms with van der Waals surface area (Å²) in [6, 6.07) is 8.56. The molecule has 2 fully saturated rings. The number of carbonyl (C=O) groups excluding carboxylic acids is 1. The second kappa shape index (κ2) is 7.38. The Morgan fingerprint density at radius 3 is 2.25 bits per heavy atom. The van der Waals surface area contributed by atoms with Gasteiger partial charge in [-0.1, -0.05) is 24.3 Å². The van der Waals surface area contributed by atoms with Gasteiger partial charge in [-0.15, -0.1) is 0 Å². The van der Waals surface area contributed by atoms with Gasteiger partial charge in [-0.3, -0.25) is 0 Å². The third kappa shape index (κ3) is 4.55. The largest absolute Gasteiger partial charge is 0.462 e. The predicted molar refractivity (Wildman–Crippen MR) is 111 cm³/mol. The first kappa shape index (κ1) is 21.2. The maximum atomic E-state index is 12.5. The van der Waals surface area contributed by atoms with Crippen molar-refractivity contribution in [3.63, 3.8) is 0 Å². The van der Waals surface area contributed by atoms with E-state index in [1.54, 1.807) is 0 Å². The van der Waals surface area contributed by atoms with Crippen molar-refractivity contribution >= 4 is 13.2 Å². The van der Waals surface area contributed by atoms with Crippen molar-refractivity contribution in [2.45, 2.75) is 90.5 Å². The van der Waals surface area contributed by atoms with Crippen molar-refractivity contribution in [1.82, 2.24) is 4.90 Å². The number of nitrogens with zero attached hydrogens (tertiary/aromatic N) is 1. The van der Waals surface area contributed by atoms with Crippen molar-refractivity contribution in [1.29, 1.82) is 0 Å². The monoisotopic (exact) mass is 387 g/mol. The number of carbonyl (C=O) groups is 1. The molecule has 0 unspecified atom stereocenters. The normalized spacial score (nSPS) is 23.9. The molecule has 0 radical (unpaired) electrons. The van der Waals surface area contributed by atoms with Crippen molar-refractivity contribution in [3.8, 4) is 0 Å². The highest BCUT2D eigenvalue weighted by atomic mass is 16.7. The average Bonchev–Trinajstić information content (AvgIpc) is 3.09. The summed E-state index contributed by atoms with van der Waals surface area (Å²) in [4.78, 5) is 14.4. The van der Waals surface area contributed by atoms with Crippen LogP contribution in [0.15, 0.2) is 24.3 Å². The molecule has 28 heavy (non-hydrogen) atoms. The van der Waals surface area contributed by atoms with Crippen LogP contribution in [-0.2, 0) is 20.4 Å². The quantitative estimate of drug-likeness (QED) is 0.690. The van der Waals surface area contributed by atoms with E-state index in [4.69, 9.17) is 14.0 Å². The fraction of sp³-hybridized carbons (Fsp3) is 0.682. The lowest BCUT2D eigenvalue weighted by Gasteiger charge is -2.32. The Labute approximate surface area is 169 Å². The van der Waals surface area contributed by atoms with Crippen LogP contribution in [-0.4, -0.2) is 41.5 Å². The Balaban J connectivity index is 1.65. The van der Waals surface area contributed by atoms with E-state index in [2.05, 4.69) is 52.0 Å². The second-order valence-electron chi connectivity index (χ2n) is 9.96. The summed E-state index contributed by atoms with van der Waals surface area (Å²) >= 11 is 0. The van der Waals surface area contributed by atoms with Gasteiger partial charge in [0.2, 0.25) is 0 Å². The highest BCUT2D eigenvalue weighted by molar-refractivity contribution is 6.45. The molecule has 0 aliphatic carbocycles. The summed E-state index contributed by atoms with van der Waals surface area (Å²) in [5, 5.41) is 0. The van der Waals surface area contributed by atoms with Crippen molar-refractivity contribution < 1.29 is 18.8 Å². The topological polar surface area (TPSA) is 48.0 Å². The zero-order valence-corrected chi connectivity index (χ0v) is 18.4. The Kier molecular flexibility index (Phi) is 5.58. The summed E-state index contributed by atoms with van der Waals surface area (Å²) in [5.74, 6) is 0. The van der Waals surface area contributed by atoms with Crippen LogP contribution in [0.1, 0.15) is 78.5 Å². The summed E-state index contributed by atoms with van der Waals surface area (Å²) in [5.41, 5.74) is 1.23. The van der Waals surface area contributed by atoms with Gasteiger partial charge in [-0.2, -0.15) is 0 Å². The first-order valence-corrected chi connectivity index (χ1v) is 10.3. The lowest BCUT2D eigenvalue weighted by Crippen LogP contribution is -2.41. The molecule has 5 nitrogen and oxygen atoms in total. The molecule has 2 heterocycles. The summed E-state index contributed by atoms with van der Waals surface area (Å²) in [6.07, 6.45) is 2.46. The van der Waals surface area contributed by atoms with Crippen molar-refractivity contribution in [2.75, 3.05) is 6.54 Å². The molecule has 1 aromatic carbocycles. The van der Waals surface area contributed by atoms with E-state index >= 15 is 0 Å². The number of likely N-dealkylation sites (tertiary alicyclic amines) is 1. The van der Waals surface area contributed by atoms with E-state index in [-0.39, 0.29) is 30.5 Å². The summed E-state index contributed by atoms with van der Waals surface area (Å²) in [7, 11) is -0.236. The molecule has 3 rings (SSSR count). The van der Waals surface area contributed by atoms with Gasteiger partial charge < -0.3 is 18.9 Å². The van der Waals surface area contributed by atoms with Crippen LogP contribution in [0.25, 0.3) is 0 Å². The fourth-order valence-corrected chi connectivity index (χ4v) is 3.77. The zero-order chi connectivity index (χ0) is 20.7. The van der Waals surface area contributed by atoms with Gasteiger partial charge in [-0.25, -0.2) is 4.79 Å². The number of benzene rings is 1. The summed E-state index contributed by atoms with van der Waals surface area (Å²) in [6.45, 7) is 14.7. The highest BCUT2D eigenvalue weighted by Crippen LogP contribution is 2.38. The molecule has 1 aromatic rings. The van der Waals surface area contributed by atoms with Crippen LogP contribution in [0.3, 0.4) is 0 Å². The molecule has 1 amide bonds. The van der Waals surface area contributed by atoms with Gasteiger partial charge in [0.25, 0.3) is 0 Å². The van der Waals surface area contributed by atoms with E-state index in [1.165, 1.54) is 5.56 Å². The van der Waals surface area contributed by atoms with Gasteiger partial charge in [0.15, 0.2) is 0 Å². The standard InChI is InChI=1S/C22H34BNO4/c1-20(2,3)26-19(25)24-14-8-9-18(24)17-12-10-16(11-13-17)15-23-27-21(4,5)22(6,7)28-23/h10-13,18H,8-9,14-15H2,1-7H3/t18-/m0/s1. The number of ether oxygens (including phenoxy) is 1. The Bertz CT molecular complexity index is 692. The van der Waals surface area contributed by atoms with Gasteiger partial charge in [0, 0.05) is 12.9 Å². The maximum Gasteiger partial charge on any atom is 0.462 e. The molecule has 6 heteroatoms. The molecule has 1 atom stereocenters. The number of hydrogen-bond acceptors (Lipinski definition) is 4. The zero-order valence-electron chi connectivity index (χ0n) is 18.4. The lowest BCUT2D eigenvalue weighted by molar-refractivity contribution is 0.00578. The van der Waals surface area contributed by atoms with Gasteiger partial charge >= 0.3 is 13.2 Å². The molecule has 2 aliphatic heterocycles. The van der Waals surface area contributed by atoms with Crippen LogP contribution >= 0.6 is 0 Å². The van der Waals surface area contributed by atoms with Crippen LogP contribution in [0.5, 0.6) is 0 Å². The molecule has 0 saturated carbocycles. The highest BCUT2D eigenvalue weighted by Gasteiger charge is 2.50. The minimum Gasteiger partial charge on any atom is -0.444 e. The molecular formula is C22H34BNO4. The Morgan fingerprint density at radius 1 is 1.14 bits per heavy atom. The van der Waals surface area contributed by atoms with Crippen LogP contribution in [0.2, 0.25) is 0 Å². The molecule has 2 aliphatic rings. The van der Waals surface area contributed by atoms with E-state index in [9.17, 15) is 4.79 Å². The van der Waals surface area contributed by atoms with Gasteiger partial charge in [0.05, 0.1) is 17.2 Å². The first-order valence-electron chi connectivity index (χ1n) is 10.3. The third-order valence-electron chi connectivity index (χ3n) is 5.95. The van der Waals surface area contributed by atoms with Crippen LogP contribution in [0.4, 0.5) is 4.79 Å². The predicted octanol–water partition coefficient (Wildman–Crippen LogP) is 4.93. The fourth-order valence-electron chi connectivity index (χ4n) is 3.77. The van der Waals surface area contributed by atoms with E-state index in [0.717, 1.165) is 24.9 Å². The smallest absolute Gasteiger partial charge is 0.444 e. The van der Waals surface area contributed by atoms with E-state index in [0.29, 0.717) is 6.32 Å². The number of rotatable bonds is 3. The molecule has 154 valence electrons. The lowest BCUT2D eigenvalue weighted by atomic mass is 9.80. The van der Waals surface area contributed by atoms with Crippen LogP contribution in [0, 0.1) is 0 Å². The molecule has 0 aromatic heterocycles. The SMILES string of the molecule is CC(C)(C)OC(=O)N1CCC[C@H]1c1ccc(CB2OC(C)(C)C(C)(C)O2)cc1. The molecule has 0 spiro atoms. The van der Waals surface area contributed by atoms with Crippen LogP contribution < -0.4 is 0 Å². The average molecular weight is 387 g/mol. The third-order valence-corrected chi connectivity index (χ3v) is 5.95. The number of amides is 1. The summed E-state index contributed by atoms with van der Waals surface area (Å²) < 4.78 is 17.8. The molecule has 0 bridgehead atoms. The van der Waals surface area contributed by atoms with Gasteiger partial charge in [-0.05, 0) is 72.4 Å². The molecule has 0 N–H and O–H groups in total. The maximum absolute atomic E-state index is 12.5. The van der Waals surface area contributed by atoms with Gasteiger partial charge in [0.1, 0.15) is 5.60 Å². The molecule has 2 saturated heterocycles. The number of hydrogen-bond donors (Lipinski definition) is 0. The Morgan fingerprint density at radius 2 is 1.71 bits per heavy atom. The minimum atomic E-state index is -0.475. The van der Waals surface area contributed by atoms with E-state index < -0.39 is 5.60 Å². The van der Waals surface area contributed by atoms with Crippen molar-refractivity contribution in [3.05, 3.63) is 35.4 Å². The second-order valence-corrected chi connectivity index (χ2v) is 9.96. The molecular weight excluding hydrogens is 353 g/mol. The van der Waals surface area contributed by atoms with Crippen molar-refractivity contribution in [2.24, 2.45) is 0 Å². The Hall–Kier alpha value is -1.53. The first-order chi connectivity index (χ1) is 12.9.